The van der Waals surface area contributed by atoms with Crippen molar-refractivity contribution in [3.05, 3.63) is 85.1 Å². The van der Waals surface area contributed by atoms with E-state index in [1.54, 1.807) is 6.08 Å². The van der Waals surface area contributed by atoms with E-state index in [1.165, 1.54) is 38.5 Å². The molecule has 12 N–H and O–H groups in total. The van der Waals surface area contributed by atoms with Crippen LogP contribution in [0.2, 0.25) is 0 Å². The number of hydrogen-bond acceptors (Lipinski definition) is 18. The normalized spacial score (nSPS) is 30.6. The molecule has 0 aliphatic carbocycles. The van der Waals surface area contributed by atoms with Gasteiger partial charge in [0.15, 0.2) is 18.9 Å². The van der Waals surface area contributed by atoms with Crippen molar-refractivity contribution in [1.29, 1.82) is 0 Å². The van der Waals surface area contributed by atoms with Gasteiger partial charge in [0.05, 0.1) is 38.6 Å². The fourth-order valence-electron chi connectivity index (χ4n) is 9.51. The number of hydrogen-bond donors (Lipinski definition) is 12. The van der Waals surface area contributed by atoms with Crippen molar-refractivity contribution in [2.24, 2.45) is 0 Å². The van der Waals surface area contributed by atoms with Gasteiger partial charge in [-0.2, -0.15) is 0 Å². The van der Waals surface area contributed by atoms with E-state index in [4.69, 9.17) is 28.4 Å². The summed E-state index contributed by atoms with van der Waals surface area (Å²) in [6.45, 7) is 1.52. The number of carbonyl (C=O) groups excluding carboxylic acids is 1. The minimum absolute atomic E-state index is 0.217. The van der Waals surface area contributed by atoms with E-state index >= 15 is 0 Å². The van der Waals surface area contributed by atoms with Crippen LogP contribution >= 0.6 is 0 Å². The molecule has 17 atom stereocenters. The number of carbonyl (C=O) groups is 1. The Bertz CT molecular complexity index is 1790. The average Bonchev–Trinajstić information content (AvgIpc) is 3.45. The summed E-state index contributed by atoms with van der Waals surface area (Å²) in [6.07, 6.45) is 25.6. The largest absolute Gasteiger partial charge is 0.394 e. The summed E-state index contributed by atoms with van der Waals surface area (Å²) in [5.41, 5.74) is 0. The second-order valence-corrected chi connectivity index (χ2v) is 21.1. The molecular weight excluding hydrogens is 1030 g/mol. The van der Waals surface area contributed by atoms with Gasteiger partial charge in [0.2, 0.25) is 5.91 Å². The first-order chi connectivity index (χ1) is 38.8. The van der Waals surface area contributed by atoms with Crippen LogP contribution in [-0.2, 0) is 33.2 Å². The van der Waals surface area contributed by atoms with Crippen molar-refractivity contribution in [1.82, 2.24) is 5.32 Å². The summed E-state index contributed by atoms with van der Waals surface area (Å²) < 4.78 is 34.2. The highest BCUT2D eigenvalue weighted by atomic mass is 16.8. The fourth-order valence-corrected chi connectivity index (χ4v) is 9.51. The molecule has 3 saturated heterocycles. The molecule has 3 aliphatic heterocycles. The van der Waals surface area contributed by atoms with Gasteiger partial charge in [-0.3, -0.25) is 4.79 Å². The minimum atomic E-state index is -1.99. The molecule has 0 saturated carbocycles. The topological polar surface area (TPSA) is 307 Å². The van der Waals surface area contributed by atoms with Crippen LogP contribution in [0, 0.1) is 0 Å². The second-order valence-electron chi connectivity index (χ2n) is 21.1. The first kappa shape index (κ1) is 71.2. The summed E-state index contributed by atoms with van der Waals surface area (Å²) >= 11 is 0. The number of rotatable bonds is 42. The Balaban J connectivity index is 1.51. The van der Waals surface area contributed by atoms with Crippen LogP contribution in [0.4, 0.5) is 0 Å². The Kier molecular flexibility index (Phi) is 38.8. The van der Waals surface area contributed by atoms with Crippen molar-refractivity contribution in [2.45, 2.75) is 266 Å². The molecule has 19 heteroatoms. The molecule has 3 aliphatic rings. The number of amides is 1. The maximum atomic E-state index is 13.3. The zero-order valence-electron chi connectivity index (χ0n) is 47.8. The van der Waals surface area contributed by atoms with E-state index in [0.717, 1.165) is 89.9 Å². The van der Waals surface area contributed by atoms with Crippen molar-refractivity contribution in [3.8, 4) is 0 Å². The van der Waals surface area contributed by atoms with Crippen LogP contribution in [-0.4, -0.2) is 193 Å². The Morgan fingerprint density at radius 2 is 0.875 bits per heavy atom. The molecule has 17 unspecified atom stereocenters. The van der Waals surface area contributed by atoms with Gasteiger partial charge in [-0.1, -0.05) is 157 Å². The summed E-state index contributed by atoms with van der Waals surface area (Å²) in [5, 5.41) is 120. The third-order valence-corrected chi connectivity index (χ3v) is 14.4. The van der Waals surface area contributed by atoms with Gasteiger partial charge in [-0.15, -0.1) is 0 Å². The lowest BCUT2D eigenvalue weighted by Gasteiger charge is -2.48. The SMILES string of the molecule is CC/C=C\C/C=C\C/C=C\C/C=C\CCCCCCCCCCC(=O)NC(COC1OC(CO)C(OC2OC(CO)C(OC3OC(CO)C(O)C(O)C3O)C(O)C2O)C(O)C1O)C(O)/C=C/CC/C=C/CC/C=C/CCCCCC. The molecule has 0 radical (unpaired) electrons. The Morgan fingerprint density at radius 1 is 0.463 bits per heavy atom. The predicted molar refractivity (Wildman–Crippen MR) is 304 cm³/mol. The van der Waals surface area contributed by atoms with Gasteiger partial charge in [0.1, 0.15) is 73.2 Å². The minimum Gasteiger partial charge on any atom is -0.394 e. The third kappa shape index (κ3) is 27.1. The maximum absolute atomic E-state index is 13.3. The van der Waals surface area contributed by atoms with Crippen LogP contribution in [0.15, 0.2) is 85.1 Å². The Morgan fingerprint density at radius 3 is 1.40 bits per heavy atom. The molecule has 0 aromatic carbocycles. The molecule has 460 valence electrons. The highest BCUT2D eigenvalue weighted by Gasteiger charge is 2.53. The van der Waals surface area contributed by atoms with E-state index in [0.29, 0.717) is 12.8 Å². The molecule has 80 heavy (non-hydrogen) atoms. The molecular formula is C61H103NO18. The van der Waals surface area contributed by atoms with Crippen LogP contribution in [0.3, 0.4) is 0 Å². The van der Waals surface area contributed by atoms with Crippen LogP contribution in [0.25, 0.3) is 0 Å². The Labute approximate surface area is 476 Å². The summed E-state index contributed by atoms with van der Waals surface area (Å²) in [4.78, 5) is 13.3. The van der Waals surface area contributed by atoms with Crippen molar-refractivity contribution in [2.75, 3.05) is 26.4 Å². The van der Waals surface area contributed by atoms with E-state index in [2.05, 4.69) is 92.1 Å². The van der Waals surface area contributed by atoms with E-state index in [1.807, 2.05) is 6.08 Å². The number of nitrogens with one attached hydrogen (secondary N) is 1. The fraction of sp³-hybridized carbons (Fsp3) is 0.754. The van der Waals surface area contributed by atoms with Gasteiger partial charge in [-0.25, -0.2) is 0 Å². The second kappa shape index (κ2) is 43.6. The zero-order valence-corrected chi connectivity index (χ0v) is 47.8. The lowest BCUT2D eigenvalue weighted by molar-refractivity contribution is -0.379. The summed E-state index contributed by atoms with van der Waals surface area (Å²) in [5.74, 6) is -0.304. The monoisotopic (exact) mass is 1140 g/mol. The third-order valence-electron chi connectivity index (χ3n) is 14.4. The molecule has 0 aromatic rings. The molecule has 0 aromatic heterocycles. The number of aliphatic hydroxyl groups is 11. The number of allylic oxidation sites excluding steroid dienone is 13. The number of unbranched alkanes of at least 4 members (excludes halogenated alkanes) is 14. The molecule has 19 nitrogen and oxygen atoms in total. The number of aliphatic hydroxyl groups excluding tert-OH is 11. The van der Waals surface area contributed by atoms with Gasteiger partial charge in [-0.05, 0) is 83.5 Å². The van der Waals surface area contributed by atoms with Gasteiger partial charge < -0.3 is 89.9 Å². The summed E-state index contributed by atoms with van der Waals surface area (Å²) in [7, 11) is 0. The highest BCUT2D eigenvalue weighted by Crippen LogP contribution is 2.33. The molecule has 3 rings (SSSR count). The lowest BCUT2D eigenvalue weighted by Crippen LogP contribution is -2.66. The average molecular weight is 1140 g/mol. The highest BCUT2D eigenvalue weighted by molar-refractivity contribution is 5.76. The predicted octanol–water partition coefficient (Wildman–Crippen LogP) is 5.20. The first-order valence-corrected chi connectivity index (χ1v) is 29.8. The first-order valence-electron chi connectivity index (χ1n) is 29.8. The quantitative estimate of drug-likeness (QED) is 0.0276. The van der Waals surface area contributed by atoms with Gasteiger partial charge in [0.25, 0.3) is 0 Å². The lowest BCUT2D eigenvalue weighted by atomic mass is 9.96. The molecule has 0 spiro atoms. The van der Waals surface area contributed by atoms with Crippen molar-refractivity contribution >= 4 is 5.91 Å². The van der Waals surface area contributed by atoms with E-state index in [9.17, 15) is 61.0 Å². The summed E-state index contributed by atoms with van der Waals surface area (Å²) in [6, 6.07) is -1.00. The van der Waals surface area contributed by atoms with Crippen LogP contribution in [0.5, 0.6) is 0 Å². The van der Waals surface area contributed by atoms with Crippen LogP contribution < -0.4 is 5.32 Å². The van der Waals surface area contributed by atoms with Gasteiger partial charge >= 0.3 is 0 Å². The standard InChI is InChI=1S/C61H103NO18/c1-3-5-7-9-11-13-15-17-19-20-21-22-23-24-25-27-29-31-33-35-37-39-49(67)62-44(45(66)38-36-34-32-30-28-26-18-16-14-12-10-8-6-4-2)43-75-59-55(73)52(70)57(47(41-64)77-59)80-61-56(74)53(71)58(48(42-65)78-61)79-60-54(72)51(69)50(68)46(40-63)76-60/h5,7,11,13-14,16-17,19,21-22,28,30,36,38,44-48,50-61,63-66,68-74H,3-4,6,8-10,12,15,18,20,23-27,29,31-35,37,39-43H2,1-2H3,(H,62,67)/b7-5-,13-11-,16-14+,19-17-,22-21-,30-28+,38-36+. The van der Waals surface area contributed by atoms with Crippen LogP contribution in [0.1, 0.15) is 162 Å². The number of ether oxygens (including phenoxy) is 6. The smallest absolute Gasteiger partial charge is 0.220 e. The van der Waals surface area contributed by atoms with Gasteiger partial charge in [0, 0.05) is 6.42 Å². The van der Waals surface area contributed by atoms with E-state index < -0.39 is 124 Å². The molecule has 3 heterocycles. The van der Waals surface area contributed by atoms with E-state index in [-0.39, 0.29) is 18.9 Å². The zero-order chi connectivity index (χ0) is 58.3. The maximum Gasteiger partial charge on any atom is 0.220 e. The molecule has 0 bridgehead atoms. The Hall–Kier alpha value is -3.03. The van der Waals surface area contributed by atoms with Crippen molar-refractivity contribution in [3.63, 3.8) is 0 Å². The van der Waals surface area contributed by atoms with Crippen molar-refractivity contribution < 1.29 is 89.4 Å². The molecule has 3 fully saturated rings. The molecule has 1 amide bonds.